The van der Waals surface area contributed by atoms with Crippen LogP contribution in [0, 0.1) is 6.92 Å². The lowest BCUT2D eigenvalue weighted by Crippen LogP contribution is -2.14. The number of carbonyl (C=O) groups excluding carboxylic acids is 1. The Morgan fingerprint density at radius 3 is 2.55 bits per heavy atom. The molecular weight excluding hydrogens is 274 g/mol. The van der Waals surface area contributed by atoms with Gasteiger partial charge in [-0.1, -0.05) is 43.2 Å². The molecule has 116 valence electrons. The predicted molar refractivity (Wildman–Crippen MR) is 91.1 cm³/mol. The number of hydrogen-bond donors (Lipinski definition) is 2. The molecule has 2 rings (SSSR count). The summed E-state index contributed by atoms with van der Waals surface area (Å²) in [6, 6.07) is 11.7. The molecule has 0 bridgehead atoms. The molecule has 1 amide bonds. The van der Waals surface area contributed by atoms with E-state index in [1.54, 1.807) is 6.20 Å². The molecule has 1 aromatic heterocycles. The fourth-order valence-corrected chi connectivity index (χ4v) is 2.06. The average Bonchev–Trinajstić information content (AvgIpc) is 2.51. The van der Waals surface area contributed by atoms with Crippen LogP contribution in [0.25, 0.3) is 0 Å². The zero-order valence-electron chi connectivity index (χ0n) is 13.2. The molecular formula is C18H23N3O. The standard InChI is InChI=1S/C18H23N3O/c1-3-4-11-19-17-10-9-16(13-20-17)21-18(22)12-15-7-5-14(2)6-8-15/h5-10,13H,3-4,11-12H2,1-2H3,(H,19,20)(H,21,22). The van der Waals surface area contributed by atoms with Gasteiger partial charge in [-0.2, -0.15) is 0 Å². The van der Waals surface area contributed by atoms with Crippen molar-refractivity contribution in [2.45, 2.75) is 33.1 Å². The molecule has 2 N–H and O–H groups in total. The monoisotopic (exact) mass is 297 g/mol. The molecule has 0 saturated carbocycles. The highest BCUT2D eigenvalue weighted by Crippen LogP contribution is 2.11. The minimum atomic E-state index is -0.0302. The van der Waals surface area contributed by atoms with E-state index >= 15 is 0 Å². The van der Waals surface area contributed by atoms with Gasteiger partial charge in [-0.05, 0) is 31.0 Å². The van der Waals surface area contributed by atoms with Crippen LogP contribution < -0.4 is 10.6 Å². The van der Waals surface area contributed by atoms with Crippen LogP contribution in [-0.4, -0.2) is 17.4 Å². The maximum Gasteiger partial charge on any atom is 0.228 e. The number of rotatable bonds is 7. The Labute approximate surface area is 132 Å². The van der Waals surface area contributed by atoms with Crippen LogP contribution in [0.3, 0.4) is 0 Å². The predicted octanol–water partition coefficient (Wildman–Crippen LogP) is 3.78. The normalized spacial score (nSPS) is 10.3. The molecule has 0 aliphatic rings. The van der Waals surface area contributed by atoms with Crippen molar-refractivity contribution >= 4 is 17.4 Å². The van der Waals surface area contributed by atoms with E-state index in [4.69, 9.17) is 0 Å². The molecule has 4 nitrogen and oxygen atoms in total. The van der Waals surface area contributed by atoms with Crippen molar-refractivity contribution in [3.05, 3.63) is 53.7 Å². The molecule has 22 heavy (non-hydrogen) atoms. The van der Waals surface area contributed by atoms with E-state index < -0.39 is 0 Å². The van der Waals surface area contributed by atoms with Gasteiger partial charge in [-0.25, -0.2) is 4.98 Å². The number of anilines is 2. The molecule has 4 heteroatoms. The van der Waals surface area contributed by atoms with Crippen molar-refractivity contribution < 1.29 is 4.79 Å². The molecule has 1 heterocycles. The molecule has 2 aromatic rings. The number of aryl methyl sites for hydroxylation is 1. The van der Waals surface area contributed by atoms with E-state index in [0.29, 0.717) is 6.42 Å². The van der Waals surface area contributed by atoms with Gasteiger partial charge in [0.25, 0.3) is 0 Å². The number of unbranched alkanes of at least 4 members (excludes halogenated alkanes) is 1. The highest BCUT2D eigenvalue weighted by molar-refractivity contribution is 5.92. The van der Waals surface area contributed by atoms with Crippen molar-refractivity contribution in [2.24, 2.45) is 0 Å². The summed E-state index contributed by atoms with van der Waals surface area (Å²) in [4.78, 5) is 16.3. The Morgan fingerprint density at radius 1 is 1.14 bits per heavy atom. The van der Waals surface area contributed by atoms with Crippen LogP contribution >= 0.6 is 0 Å². The Balaban J connectivity index is 1.84. The summed E-state index contributed by atoms with van der Waals surface area (Å²) >= 11 is 0. The largest absolute Gasteiger partial charge is 0.370 e. The van der Waals surface area contributed by atoms with E-state index in [1.807, 2.05) is 43.3 Å². The second-order valence-electron chi connectivity index (χ2n) is 5.42. The van der Waals surface area contributed by atoms with Crippen molar-refractivity contribution in [2.75, 3.05) is 17.2 Å². The third-order valence-electron chi connectivity index (χ3n) is 3.37. The lowest BCUT2D eigenvalue weighted by Gasteiger charge is -2.07. The van der Waals surface area contributed by atoms with Gasteiger partial charge in [0.15, 0.2) is 0 Å². The molecule has 0 atom stereocenters. The molecule has 0 radical (unpaired) electrons. The van der Waals surface area contributed by atoms with Gasteiger partial charge in [0, 0.05) is 6.54 Å². The van der Waals surface area contributed by atoms with E-state index in [-0.39, 0.29) is 5.91 Å². The molecule has 1 aromatic carbocycles. The van der Waals surface area contributed by atoms with Crippen molar-refractivity contribution in [1.29, 1.82) is 0 Å². The van der Waals surface area contributed by atoms with Crippen molar-refractivity contribution in [3.8, 4) is 0 Å². The van der Waals surface area contributed by atoms with Gasteiger partial charge in [0.1, 0.15) is 5.82 Å². The minimum absolute atomic E-state index is 0.0302. The Morgan fingerprint density at radius 2 is 1.91 bits per heavy atom. The fraction of sp³-hybridized carbons (Fsp3) is 0.333. The lowest BCUT2D eigenvalue weighted by molar-refractivity contribution is -0.115. The van der Waals surface area contributed by atoms with Gasteiger partial charge >= 0.3 is 0 Å². The van der Waals surface area contributed by atoms with Gasteiger partial charge in [0.05, 0.1) is 18.3 Å². The number of benzene rings is 1. The van der Waals surface area contributed by atoms with E-state index in [1.165, 1.54) is 5.56 Å². The zero-order chi connectivity index (χ0) is 15.8. The highest BCUT2D eigenvalue weighted by atomic mass is 16.1. The third kappa shape index (κ3) is 5.20. The first-order valence-corrected chi connectivity index (χ1v) is 7.72. The average molecular weight is 297 g/mol. The SMILES string of the molecule is CCCCNc1ccc(NC(=O)Cc2ccc(C)cc2)cn1. The number of nitrogens with one attached hydrogen (secondary N) is 2. The van der Waals surface area contributed by atoms with Crippen LogP contribution in [0.15, 0.2) is 42.6 Å². The molecule has 0 saturated heterocycles. The number of aromatic nitrogens is 1. The number of hydrogen-bond acceptors (Lipinski definition) is 3. The summed E-state index contributed by atoms with van der Waals surface area (Å²) in [6.45, 7) is 5.11. The highest BCUT2D eigenvalue weighted by Gasteiger charge is 2.04. The van der Waals surface area contributed by atoms with Gasteiger partial charge in [0.2, 0.25) is 5.91 Å². The smallest absolute Gasteiger partial charge is 0.228 e. The van der Waals surface area contributed by atoms with E-state index in [9.17, 15) is 4.79 Å². The maximum atomic E-state index is 12.0. The molecule has 0 unspecified atom stereocenters. The topological polar surface area (TPSA) is 54.0 Å². The summed E-state index contributed by atoms with van der Waals surface area (Å²) in [5.74, 6) is 0.808. The molecule has 0 aliphatic carbocycles. The summed E-state index contributed by atoms with van der Waals surface area (Å²) in [5, 5.41) is 6.12. The van der Waals surface area contributed by atoms with Crippen LogP contribution in [0.5, 0.6) is 0 Å². The van der Waals surface area contributed by atoms with Gasteiger partial charge < -0.3 is 10.6 Å². The lowest BCUT2D eigenvalue weighted by atomic mass is 10.1. The van der Waals surface area contributed by atoms with Crippen LogP contribution in [-0.2, 0) is 11.2 Å². The first-order valence-electron chi connectivity index (χ1n) is 7.72. The van der Waals surface area contributed by atoms with Crippen molar-refractivity contribution in [1.82, 2.24) is 4.98 Å². The number of nitrogens with zero attached hydrogens (tertiary/aromatic N) is 1. The number of pyridine rings is 1. The number of carbonyl (C=O) groups is 1. The Hall–Kier alpha value is -2.36. The maximum absolute atomic E-state index is 12.0. The third-order valence-corrected chi connectivity index (χ3v) is 3.37. The van der Waals surface area contributed by atoms with Crippen LogP contribution in [0.1, 0.15) is 30.9 Å². The Bertz CT molecular complexity index is 591. The number of amides is 1. The second kappa shape index (κ2) is 8.17. The van der Waals surface area contributed by atoms with Crippen LogP contribution in [0.4, 0.5) is 11.5 Å². The van der Waals surface area contributed by atoms with Crippen molar-refractivity contribution in [3.63, 3.8) is 0 Å². The first-order chi connectivity index (χ1) is 10.7. The second-order valence-corrected chi connectivity index (χ2v) is 5.42. The van der Waals surface area contributed by atoms with E-state index in [2.05, 4.69) is 22.5 Å². The summed E-state index contributed by atoms with van der Waals surface area (Å²) in [5.41, 5.74) is 2.92. The summed E-state index contributed by atoms with van der Waals surface area (Å²) in [7, 11) is 0. The van der Waals surface area contributed by atoms with Crippen LogP contribution in [0.2, 0.25) is 0 Å². The molecule has 0 fully saturated rings. The molecule has 0 aliphatic heterocycles. The Kier molecular flexibility index (Phi) is 5.95. The zero-order valence-corrected chi connectivity index (χ0v) is 13.2. The minimum Gasteiger partial charge on any atom is -0.370 e. The fourth-order valence-electron chi connectivity index (χ4n) is 2.06. The van der Waals surface area contributed by atoms with Gasteiger partial charge in [-0.15, -0.1) is 0 Å². The van der Waals surface area contributed by atoms with Gasteiger partial charge in [-0.3, -0.25) is 4.79 Å². The quantitative estimate of drug-likeness (QED) is 0.765. The van der Waals surface area contributed by atoms with E-state index in [0.717, 1.165) is 36.5 Å². The molecule has 0 spiro atoms. The first kappa shape index (κ1) is 16.0. The summed E-state index contributed by atoms with van der Waals surface area (Å²) < 4.78 is 0. The summed E-state index contributed by atoms with van der Waals surface area (Å²) in [6.07, 6.45) is 4.33.